The summed E-state index contributed by atoms with van der Waals surface area (Å²) in [5.74, 6) is 0. The fourth-order valence-corrected chi connectivity index (χ4v) is 27.7. The minimum atomic E-state index is -0.111. The summed E-state index contributed by atoms with van der Waals surface area (Å²) in [6, 6.07) is 182. The molecule has 27 aromatic rings. The Morgan fingerprint density at radius 3 is 1.09 bits per heavy atom. The summed E-state index contributed by atoms with van der Waals surface area (Å²) in [6.07, 6.45) is 0. The Kier molecular flexibility index (Phi) is 19.8. The van der Waals surface area contributed by atoms with Crippen LogP contribution >= 0.6 is 22.7 Å². The van der Waals surface area contributed by atoms with E-state index in [1.165, 1.54) is 256 Å². The molecule has 0 aliphatic carbocycles. The zero-order valence-electron chi connectivity index (χ0n) is 83.8. The molecule has 0 radical (unpaired) electrons. The van der Waals surface area contributed by atoms with Crippen molar-refractivity contribution in [3.05, 3.63) is 496 Å². The molecule has 0 bridgehead atoms. The van der Waals surface area contributed by atoms with Crippen LogP contribution in [0, 0.1) is 0 Å². The number of benzene rings is 22. The van der Waals surface area contributed by atoms with Crippen LogP contribution in [0.5, 0.6) is 0 Å². The van der Waals surface area contributed by atoms with E-state index in [0.717, 1.165) is 28.4 Å². The third-order valence-electron chi connectivity index (χ3n) is 32.3. The molecule has 150 heavy (non-hydrogen) atoms. The molecule has 0 spiro atoms. The van der Waals surface area contributed by atoms with Crippen LogP contribution in [0.15, 0.2) is 485 Å². The van der Waals surface area contributed by atoms with E-state index >= 15 is 0 Å². The number of hydrogen-bond donors (Lipinski definition) is 0. The highest BCUT2D eigenvalue weighted by Crippen LogP contribution is 2.55. The van der Waals surface area contributed by atoms with Crippen LogP contribution < -0.4 is 47.5 Å². The normalized spacial score (nSPS) is 12.9. The lowest BCUT2D eigenvalue weighted by Crippen LogP contribution is -2.61. The minimum absolute atomic E-state index is 0.0412. The van der Waals surface area contributed by atoms with Gasteiger partial charge in [0.1, 0.15) is 0 Å². The van der Waals surface area contributed by atoms with Crippen LogP contribution in [-0.4, -0.2) is 27.1 Å². The van der Waals surface area contributed by atoms with Gasteiger partial charge < -0.3 is 28.4 Å². The number of fused-ring (bicyclic) bond motifs is 23. The molecule has 31 rings (SSSR count). The van der Waals surface area contributed by atoms with Crippen LogP contribution in [0.25, 0.3) is 190 Å². The van der Waals surface area contributed by atoms with Crippen LogP contribution in [-0.2, 0) is 10.8 Å². The van der Waals surface area contributed by atoms with Crippen molar-refractivity contribution in [1.82, 2.24) is 13.7 Å². The maximum atomic E-state index is 2.66. The molecule has 0 fully saturated rings. The van der Waals surface area contributed by atoms with E-state index in [0.29, 0.717) is 0 Å². The Bertz CT molecular complexity index is 10000. The van der Waals surface area contributed by atoms with Crippen LogP contribution in [0.2, 0.25) is 0 Å². The van der Waals surface area contributed by atoms with Crippen molar-refractivity contribution in [3.8, 4) is 83.8 Å². The Balaban J connectivity index is 0.000000138. The molecule has 0 N–H and O–H groups in total. The summed E-state index contributed by atoms with van der Waals surface area (Å²) < 4.78 is 13.1. The van der Waals surface area contributed by atoms with Crippen molar-refractivity contribution in [2.75, 3.05) is 14.7 Å². The SMILES string of the molecule is CC(C)(C)c1cc(-c2ccccc2)c2c(c1)c1cc(C(C)(C)C)cc(-c3ccccc3)c1n2-c1cc2c3c(c1)-n1c4ccccc4c4cccc(c41)B3c1cc(-c3ccccc3)ccc1N2c1ccc(-c2ccccc2)cc1.c1ccc(-c2cccc3c4cccc(-c5ccccc5)c4n(-c4cc5c6c(c4)N(c4ccc7c(c4)sc4ccccc47)c4cc7sc8ccccc8c7cc4B6c4ccccc4N5c4ccccc4)c23)cc1. The van der Waals surface area contributed by atoms with Crippen molar-refractivity contribution < 1.29 is 0 Å². The molecular weight excluding hydrogens is 1850 g/mol. The van der Waals surface area contributed by atoms with Crippen molar-refractivity contribution >= 4 is 226 Å². The summed E-state index contributed by atoms with van der Waals surface area (Å²) in [4.78, 5) is 7.73. The predicted molar refractivity (Wildman–Crippen MR) is 645 cm³/mol. The predicted octanol–water partition coefficient (Wildman–Crippen LogP) is 34.7. The molecule has 0 saturated carbocycles. The van der Waals surface area contributed by atoms with Crippen LogP contribution in [0.3, 0.4) is 0 Å². The molecule has 6 nitrogen and oxygen atoms in total. The lowest BCUT2D eigenvalue weighted by molar-refractivity contribution is 0.590. The summed E-state index contributed by atoms with van der Waals surface area (Å²) in [5, 5.41) is 12.7. The summed E-state index contributed by atoms with van der Waals surface area (Å²) in [5.41, 5.74) is 45.9. The Morgan fingerprint density at radius 1 is 0.180 bits per heavy atom. The zero-order chi connectivity index (χ0) is 99.6. The van der Waals surface area contributed by atoms with Gasteiger partial charge in [-0.1, -0.05) is 406 Å². The topological polar surface area (TPSA) is 24.5 Å². The first kappa shape index (κ1) is 87.6. The van der Waals surface area contributed by atoms with E-state index in [4.69, 9.17) is 0 Å². The lowest BCUT2D eigenvalue weighted by Gasteiger charge is -2.44. The van der Waals surface area contributed by atoms with Gasteiger partial charge in [0.15, 0.2) is 0 Å². The van der Waals surface area contributed by atoms with Gasteiger partial charge in [-0.3, -0.25) is 0 Å². The molecule has 5 aromatic heterocycles. The van der Waals surface area contributed by atoms with Gasteiger partial charge in [-0.05, 0) is 226 Å². The van der Waals surface area contributed by atoms with E-state index < -0.39 is 0 Å². The number of anilines is 9. The Morgan fingerprint density at radius 2 is 0.547 bits per heavy atom. The van der Waals surface area contributed by atoms with E-state index in [1.807, 2.05) is 22.7 Å². The first-order chi connectivity index (χ1) is 73.7. The maximum Gasteiger partial charge on any atom is 0.252 e. The van der Waals surface area contributed by atoms with Crippen LogP contribution in [0.4, 0.5) is 51.2 Å². The van der Waals surface area contributed by atoms with Crippen molar-refractivity contribution in [2.45, 2.75) is 52.4 Å². The van der Waals surface area contributed by atoms with Gasteiger partial charge in [0, 0.05) is 152 Å². The first-order valence-electron chi connectivity index (χ1n) is 52.3. The van der Waals surface area contributed by atoms with Gasteiger partial charge >= 0.3 is 0 Å². The fraction of sp³-hybridized carbons (Fsp3) is 0.0571. The van der Waals surface area contributed by atoms with E-state index in [-0.39, 0.29) is 24.3 Å². The number of thiophene rings is 2. The van der Waals surface area contributed by atoms with Crippen molar-refractivity contribution in [1.29, 1.82) is 0 Å². The molecule has 10 heteroatoms. The lowest BCUT2D eigenvalue weighted by atomic mass is 9.33. The third kappa shape index (κ3) is 13.6. The van der Waals surface area contributed by atoms with Gasteiger partial charge in [0.25, 0.3) is 13.4 Å². The minimum Gasteiger partial charge on any atom is -0.311 e. The third-order valence-corrected chi connectivity index (χ3v) is 34.6. The second-order valence-corrected chi connectivity index (χ2v) is 45.0. The van der Waals surface area contributed by atoms with Crippen LogP contribution in [0.1, 0.15) is 52.7 Å². The molecule has 0 saturated heterocycles. The Labute approximate surface area is 880 Å². The molecule has 0 atom stereocenters. The maximum absolute atomic E-state index is 2.66. The summed E-state index contributed by atoms with van der Waals surface area (Å²) >= 11 is 3.78. The summed E-state index contributed by atoms with van der Waals surface area (Å²) in [7, 11) is 0. The van der Waals surface area contributed by atoms with Gasteiger partial charge in [0.05, 0.1) is 39.0 Å². The van der Waals surface area contributed by atoms with Crippen molar-refractivity contribution in [2.24, 2.45) is 0 Å². The highest BCUT2D eigenvalue weighted by Gasteiger charge is 2.47. The standard InChI is InChI=1S/C74H58BN3.C66H40BN3S2/c1-73(2,3)53-41-59(50-26-15-9-16-27-50)70-61(43-53)62-44-54(74(4,5)6)42-60(51-28-17-10-18-29-51)71(62)77(70)56-45-67-69-68(46-56)78-65-33-20-19-30-57(65)58-31-21-32-63(72(58)78)75(69)64-40-52(48-24-13-8-14-25-48)36-39-66(64)76(67)55-37-34-49(35-38-55)47-22-11-7-12-23-47;1-4-18-41(19-5-1)46-26-16-28-51-52-29-17-27-47(42-20-6-2-7-21-42)66(52)70(65(46)51)45-36-58-64-59(37-45)69(44-34-35-50-48-24-10-14-32-60(48)71-62(50)38-44)57-40-63-53(49-25-11-15-33-61(49)72-63)39-55(57)67(64)54-30-12-13-31-56(54)68(58)43-22-8-3-9-23-43/h7-46H,1-6H3;1-40H. The largest absolute Gasteiger partial charge is 0.311 e. The van der Waals surface area contributed by atoms with Gasteiger partial charge in [-0.25, -0.2) is 0 Å². The molecule has 0 amide bonds. The number of para-hydroxylation sites is 6. The smallest absolute Gasteiger partial charge is 0.252 e. The molecule has 4 aliphatic rings. The van der Waals surface area contributed by atoms with Gasteiger partial charge in [0.2, 0.25) is 0 Å². The zero-order valence-corrected chi connectivity index (χ0v) is 85.5. The van der Waals surface area contributed by atoms with E-state index in [9.17, 15) is 0 Å². The highest BCUT2D eigenvalue weighted by molar-refractivity contribution is 7.26. The van der Waals surface area contributed by atoms with E-state index in [2.05, 4.69) is 555 Å². The molecule has 22 aromatic carbocycles. The second-order valence-electron chi connectivity index (χ2n) is 42.9. The Hall–Kier alpha value is -17.8. The molecule has 9 heterocycles. The van der Waals surface area contributed by atoms with Gasteiger partial charge in [-0.2, -0.15) is 0 Å². The number of aromatic nitrogens is 3. The molecule has 4 aliphatic heterocycles. The van der Waals surface area contributed by atoms with Crippen molar-refractivity contribution in [3.63, 3.8) is 0 Å². The second kappa shape index (κ2) is 33.9. The number of hydrogen-bond acceptors (Lipinski definition) is 5. The van der Waals surface area contributed by atoms with E-state index in [1.54, 1.807) is 0 Å². The highest BCUT2D eigenvalue weighted by atomic mass is 32.1. The number of rotatable bonds is 11. The molecule has 0 unspecified atom stereocenters. The molecular formula is C140H98B2N6S2. The fourth-order valence-electron chi connectivity index (χ4n) is 25.5. The molecule has 706 valence electrons. The monoisotopic (exact) mass is 1950 g/mol. The average Bonchev–Trinajstić information content (AvgIpc) is 1.44. The number of nitrogens with zero attached hydrogens (tertiary/aromatic N) is 6. The van der Waals surface area contributed by atoms with Gasteiger partial charge in [-0.15, -0.1) is 22.7 Å². The quantitative estimate of drug-likeness (QED) is 0.121. The average molecular weight is 1950 g/mol. The summed E-state index contributed by atoms with van der Waals surface area (Å²) in [6.45, 7) is 14.0. The first-order valence-corrected chi connectivity index (χ1v) is 53.9.